The van der Waals surface area contributed by atoms with E-state index in [-0.39, 0.29) is 5.91 Å². The molecule has 4 nitrogen and oxygen atoms in total. The molecule has 1 fully saturated rings. The molecule has 0 spiro atoms. The molecule has 2 rings (SSSR count). The molecule has 0 bridgehead atoms. The second-order valence-corrected chi connectivity index (χ2v) is 6.29. The van der Waals surface area contributed by atoms with Gasteiger partial charge in [-0.15, -0.1) is 0 Å². The molecule has 20 heavy (non-hydrogen) atoms. The van der Waals surface area contributed by atoms with Crippen LogP contribution in [0.4, 0.5) is 0 Å². The number of halogens is 1. The lowest BCUT2D eigenvalue weighted by atomic mass is 9.90. The number of amides is 1. The van der Waals surface area contributed by atoms with Gasteiger partial charge in [0.15, 0.2) is 0 Å². The molecule has 1 aromatic carbocycles. The number of hydrogen-bond acceptors (Lipinski definition) is 3. The number of carbonyl (C=O) groups is 1. The molecule has 1 saturated heterocycles. The van der Waals surface area contributed by atoms with Crippen molar-refractivity contribution in [1.82, 2.24) is 4.90 Å². The van der Waals surface area contributed by atoms with Crippen LogP contribution in [0.25, 0.3) is 0 Å². The molecule has 0 saturated carbocycles. The van der Waals surface area contributed by atoms with E-state index < -0.39 is 5.54 Å². The lowest BCUT2D eigenvalue weighted by Crippen LogP contribution is -2.57. The lowest BCUT2D eigenvalue weighted by molar-refractivity contribution is -0.139. The Labute approximate surface area is 128 Å². The number of likely N-dealkylation sites (N-methyl/N-ethyl adjacent to an activating group) is 1. The summed E-state index contributed by atoms with van der Waals surface area (Å²) in [6.45, 7) is 1.83. The number of nitrogens with two attached hydrogens (primary N) is 1. The summed E-state index contributed by atoms with van der Waals surface area (Å²) < 4.78 is 6.34. The van der Waals surface area contributed by atoms with Gasteiger partial charge in [-0.1, -0.05) is 28.1 Å². The van der Waals surface area contributed by atoms with Crippen molar-refractivity contribution in [2.24, 2.45) is 5.73 Å². The number of carbonyl (C=O) groups excluding carboxylic acids is 1. The van der Waals surface area contributed by atoms with Crippen LogP contribution in [-0.4, -0.2) is 43.2 Å². The highest BCUT2D eigenvalue weighted by molar-refractivity contribution is 9.10. The topological polar surface area (TPSA) is 55.6 Å². The molecule has 0 unspecified atom stereocenters. The Morgan fingerprint density at radius 3 is 2.55 bits per heavy atom. The molecule has 1 aromatic rings. The minimum Gasteiger partial charge on any atom is -0.381 e. The highest BCUT2D eigenvalue weighted by Crippen LogP contribution is 2.20. The van der Waals surface area contributed by atoms with E-state index in [1.54, 1.807) is 4.90 Å². The summed E-state index contributed by atoms with van der Waals surface area (Å²) in [5, 5.41) is 0. The number of ether oxygens (including phenoxy) is 1. The first-order valence-electron chi connectivity index (χ1n) is 6.88. The Hall–Kier alpha value is -0.910. The van der Waals surface area contributed by atoms with Crippen molar-refractivity contribution in [1.29, 1.82) is 0 Å². The number of nitrogens with zero attached hydrogens (tertiary/aromatic N) is 1. The van der Waals surface area contributed by atoms with Crippen LogP contribution in [0.15, 0.2) is 28.7 Å². The van der Waals surface area contributed by atoms with E-state index in [4.69, 9.17) is 10.5 Å². The molecule has 1 heterocycles. The van der Waals surface area contributed by atoms with Gasteiger partial charge >= 0.3 is 0 Å². The van der Waals surface area contributed by atoms with Gasteiger partial charge in [0, 0.05) is 31.3 Å². The first-order chi connectivity index (χ1) is 9.51. The SMILES string of the molecule is CN(CCc1ccc(Br)cc1)C(=O)C1(N)CCOCC1. The van der Waals surface area contributed by atoms with Gasteiger partial charge in [-0.2, -0.15) is 0 Å². The fourth-order valence-corrected chi connectivity index (χ4v) is 2.64. The van der Waals surface area contributed by atoms with Gasteiger partial charge in [-0.05, 0) is 37.0 Å². The van der Waals surface area contributed by atoms with Crippen molar-refractivity contribution in [2.75, 3.05) is 26.8 Å². The van der Waals surface area contributed by atoms with Gasteiger partial charge in [0.2, 0.25) is 5.91 Å². The van der Waals surface area contributed by atoms with Crippen LogP contribution in [0.3, 0.4) is 0 Å². The van der Waals surface area contributed by atoms with Crippen LogP contribution in [0.1, 0.15) is 18.4 Å². The minimum absolute atomic E-state index is 0.0258. The maximum absolute atomic E-state index is 12.4. The van der Waals surface area contributed by atoms with Gasteiger partial charge in [0.1, 0.15) is 0 Å². The monoisotopic (exact) mass is 340 g/mol. The zero-order chi connectivity index (χ0) is 14.6. The average Bonchev–Trinajstić information content (AvgIpc) is 2.46. The van der Waals surface area contributed by atoms with Crippen molar-refractivity contribution < 1.29 is 9.53 Å². The third-order valence-electron chi connectivity index (χ3n) is 3.81. The minimum atomic E-state index is -0.743. The first-order valence-corrected chi connectivity index (χ1v) is 7.67. The predicted octanol–water partition coefficient (Wildman–Crippen LogP) is 1.96. The Morgan fingerprint density at radius 2 is 1.95 bits per heavy atom. The molecule has 1 amide bonds. The summed E-state index contributed by atoms with van der Waals surface area (Å²) in [5.74, 6) is 0.0258. The van der Waals surface area contributed by atoms with Crippen LogP contribution in [-0.2, 0) is 16.0 Å². The molecule has 110 valence electrons. The summed E-state index contributed by atoms with van der Waals surface area (Å²) in [7, 11) is 1.82. The average molecular weight is 341 g/mol. The van der Waals surface area contributed by atoms with Crippen LogP contribution in [0.2, 0.25) is 0 Å². The zero-order valence-corrected chi connectivity index (χ0v) is 13.4. The van der Waals surface area contributed by atoms with Crippen molar-refractivity contribution in [3.8, 4) is 0 Å². The van der Waals surface area contributed by atoms with Gasteiger partial charge in [0.05, 0.1) is 5.54 Å². The fraction of sp³-hybridized carbons (Fsp3) is 0.533. The molecule has 1 aliphatic rings. The Bertz CT molecular complexity index is 455. The van der Waals surface area contributed by atoms with Crippen molar-refractivity contribution in [2.45, 2.75) is 24.8 Å². The third kappa shape index (κ3) is 3.81. The highest BCUT2D eigenvalue weighted by Gasteiger charge is 2.37. The summed E-state index contributed by atoms with van der Waals surface area (Å²) in [6, 6.07) is 8.16. The Kier molecular flexibility index (Phi) is 5.18. The molecule has 1 aliphatic heterocycles. The van der Waals surface area contributed by atoms with E-state index in [9.17, 15) is 4.79 Å². The summed E-state index contributed by atoms with van der Waals surface area (Å²) in [6.07, 6.45) is 2.05. The molecule has 0 aromatic heterocycles. The standard InChI is InChI=1S/C15H21BrN2O2/c1-18(9-6-12-2-4-13(16)5-3-12)14(19)15(17)7-10-20-11-8-15/h2-5H,6-11,17H2,1H3. The van der Waals surface area contributed by atoms with Crippen LogP contribution >= 0.6 is 15.9 Å². The molecule has 0 atom stereocenters. The van der Waals surface area contributed by atoms with Crippen LogP contribution in [0, 0.1) is 0 Å². The summed E-state index contributed by atoms with van der Waals surface area (Å²) in [4.78, 5) is 14.2. The zero-order valence-electron chi connectivity index (χ0n) is 11.8. The Balaban J connectivity index is 1.89. The predicted molar refractivity (Wildman–Crippen MR) is 82.5 cm³/mol. The van der Waals surface area contributed by atoms with E-state index in [1.165, 1.54) is 5.56 Å². The molecule has 5 heteroatoms. The second kappa shape index (κ2) is 6.70. The van der Waals surface area contributed by atoms with Crippen LogP contribution < -0.4 is 5.73 Å². The normalized spacial score (nSPS) is 17.8. The van der Waals surface area contributed by atoms with E-state index >= 15 is 0 Å². The summed E-state index contributed by atoms with van der Waals surface area (Å²) >= 11 is 3.41. The fourth-order valence-electron chi connectivity index (χ4n) is 2.38. The molecular weight excluding hydrogens is 320 g/mol. The largest absolute Gasteiger partial charge is 0.381 e. The van der Waals surface area contributed by atoms with Gasteiger partial charge in [0.25, 0.3) is 0 Å². The number of hydrogen-bond donors (Lipinski definition) is 1. The molecule has 0 radical (unpaired) electrons. The highest BCUT2D eigenvalue weighted by atomic mass is 79.9. The van der Waals surface area contributed by atoms with Crippen molar-refractivity contribution in [3.05, 3.63) is 34.3 Å². The first kappa shape index (κ1) is 15.5. The van der Waals surface area contributed by atoms with Gasteiger partial charge in [-0.25, -0.2) is 0 Å². The molecule has 0 aliphatic carbocycles. The van der Waals surface area contributed by atoms with Gasteiger partial charge < -0.3 is 15.4 Å². The van der Waals surface area contributed by atoms with Crippen molar-refractivity contribution >= 4 is 21.8 Å². The van der Waals surface area contributed by atoms with Crippen LogP contribution in [0.5, 0.6) is 0 Å². The van der Waals surface area contributed by atoms with Gasteiger partial charge in [-0.3, -0.25) is 4.79 Å². The van der Waals surface area contributed by atoms with E-state index in [2.05, 4.69) is 28.1 Å². The van der Waals surface area contributed by atoms with E-state index in [0.29, 0.717) is 32.6 Å². The number of benzene rings is 1. The quantitative estimate of drug-likeness (QED) is 0.911. The van der Waals surface area contributed by atoms with E-state index in [1.807, 2.05) is 19.2 Å². The Morgan fingerprint density at radius 1 is 1.35 bits per heavy atom. The maximum atomic E-state index is 12.4. The maximum Gasteiger partial charge on any atom is 0.242 e. The van der Waals surface area contributed by atoms with Crippen molar-refractivity contribution in [3.63, 3.8) is 0 Å². The summed E-state index contributed by atoms with van der Waals surface area (Å²) in [5.41, 5.74) is 6.69. The number of rotatable bonds is 4. The van der Waals surface area contributed by atoms with E-state index in [0.717, 1.165) is 10.9 Å². The smallest absolute Gasteiger partial charge is 0.242 e. The second-order valence-electron chi connectivity index (χ2n) is 5.37. The molecule has 2 N–H and O–H groups in total. The third-order valence-corrected chi connectivity index (χ3v) is 4.34. The lowest BCUT2D eigenvalue weighted by Gasteiger charge is -2.35. The molecular formula is C15H21BrN2O2.